The van der Waals surface area contributed by atoms with Crippen LogP contribution in [0.4, 0.5) is 5.69 Å². The van der Waals surface area contributed by atoms with Crippen molar-refractivity contribution in [3.63, 3.8) is 0 Å². The van der Waals surface area contributed by atoms with Crippen molar-refractivity contribution in [3.8, 4) is 17.2 Å². The van der Waals surface area contributed by atoms with Gasteiger partial charge in [-0.25, -0.2) is 13.8 Å². The summed E-state index contributed by atoms with van der Waals surface area (Å²) in [7, 11) is -1.18. The van der Waals surface area contributed by atoms with Crippen LogP contribution in [0.15, 0.2) is 87.3 Å². The maximum atomic E-state index is 13.7. The number of aromatic nitrogens is 1. The third-order valence-electron chi connectivity index (χ3n) is 6.51. The third-order valence-corrected chi connectivity index (χ3v) is 8.97. The Morgan fingerprint density at radius 2 is 1.66 bits per heavy atom. The Labute approximate surface area is 248 Å². The van der Waals surface area contributed by atoms with Gasteiger partial charge in [-0.3, -0.25) is 9.10 Å². The fourth-order valence-electron chi connectivity index (χ4n) is 4.39. The number of sulfonamides is 1. The fourth-order valence-corrected chi connectivity index (χ4v) is 6.27. The van der Waals surface area contributed by atoms with Gasteiger partial charge in [0.05, 0.1) is 36.7 Å². The second-order valence-corrected chi connectivity index (χ2v) is 12.0. The number of rotatable bonds is 10. The van der Waals surface area contributed by atoms with E-state index in [0.717, 1.165) is 37.0 Å². The van der Waals surface area contributed by atoms with Crippen LogP contribution in [0, 0.1) is 20.8 Å². The highest BCUT2D eigenvalue weighted by Gasteiger charge is 2.28. The Morgan fingerprint density at radius 3 is 2.32 bits per heavy atom. The zero-order chi connectivity index (χ0) is 29.7. The number of nitrogens with one attached hydrogen (secondary N) is 1. The van der Waals surface area contributed by atoms with Gasteiger partial charge in [0, 0.05) is 27.5 Å². The number of benzene rings is 3. The van der Waals surface area contributed by atoms with Gasteiger partial charge in [0.2, 0.25) is 0 Å². The Balaban J connectivity index is 1.60. The number of carbonyl (C=O) groups is 1. The van der Waals surface area contributed by atoms with E-state index in [-0.39, 0.29) is 10.6 Å². The number of hydrogen-bond acceptors (Lipinski definition) is 6. The van der Waals surface area contributed by atoms with Crippen LogP contribution in [0.3, 0.4) is 0 Å². The maximum Gasteiger partial charge on any atom is 0.264 e. The maximum absolute atomic E-state index is 13.7. The second kappa shape index (κ2) is 12.6. The van der Waals surface area contributed by atoms with Crippen LogP contribution in [0.2, 0.25) is 0 Å². The molecule has 0 saturated carbocycles. The lowest BCUT2D eigenvalue weighted by Crippen LogP contribution is -2.39. The lowest BCUT2D eigenvalue weighted by atomic mass is 10.2. The van der Waals surface area contributed by atoms with Crippen molar-refractivity contribution in [2.75, 3.05) is 25.1 Å². The van der Waals surface area contributed by atoms with E-state index in [4.69, 9.17) is 9.47 Å². The van der Waals surface area contributed by atoms with E-state index in [0.29, 0.717) is 11.5 Å². The summed E-state index contributed by atoms with van der Waals surface area (Å²) in [5.74, 6) is 0.136. The molecule has 41 heavy (non-hydrogen) atoms. The first-order chi connectivity index (χ1) is 19.6. The van der Waals surface area contributed by atoms with E-state index in [1.165, 1.54) is 32.4 Å². The first kappa shape index (κ1) is 29.9. The van der Waals surface area contributed by atoms with Crippen LogP contribution >= 0.6 is 15.9 Å². The molecule has 0 aliphatic carbocycles. The molecule has 0 unspecified atom stereocenters. The first-order valence-electron chi connectivity index (χ1n) is 12.6. The van der Waals surface area contributed by atoms with Crippen molar-refractivity contribution in [3.05, 3.63) is 99.8 Å². The minimum Gasteiger partial charge on any atom is -0.493 e. The molecule has 0 spiro atoms. The number of hydrogen-bond donors (Lipinski definition) is 1. The lowest BCUT2D eigenvalue weighted by Gasteiger charge is -2.24. The van der Waals surface area contributed by atoms with Crippen molar-refractivity contribution in [1.82, 2.24) is 9.99 Å². The van der Waals surface area contributed by atoms with Gasteiger partial charge in [0.15, 0.2) is 11.5 Å². The Bertz CT molecular complexity index is 1700. The van der Waals surface area contributed by atoms with Crippen molar-refractivity contribution in [2.24, 2.45) is 5.10 Å². The number of nitrogens with zero attached hydrogens (tertiary/aromatic N) is 3. The van der Waals surface area contributed by atoms with Crippen LogP contribution in [0.1, 0.15) is 22.5 Å². The van der Waals surface area contributed by atoms with E-state index < -0.39 is 22.5 Å². The van der Waals surface area contributed by atoms with Crippen molar-refractivity contribution >= 4 is 43.8 Å². The molecule has 11 heteroatoms. The van der Waals surface area contributed by atoms with Gasteiger partial charge in [0.25, 0.3) is 15.9 Å². The zero-order valence-electron chi connectivity index (χ0n) is 23.4. The van der Waals surface area contributed by atoms with Crippen LogP contribution < -0.4 is 19.2 Å². The molecule has 214 valence electrons. The topological polar surface area (TPSA) is 102 Å². The number of anilines is 1. The number of halogens is 1. The lowest BCUT2D eigenvalue weighted by molar-refractivity contribution is -0.119. The van der Waals surface area contributed by atoms with Crippen LogP contribution in [0.5, 0.6) is 11.5 Å². The molecule has 4 rings (SSSR count). The minimum absolute atomic E-state index is 0.0497. The SMILES string of the molecule is COc1ccc(N(CC(=O)N/N=C\c2cc(C)n(-c3ccccc3Br)c2C)S(=O)(=O)c2ccc(C)cc2)cc1OC. The van der Waals surface area contributed by atoms with Gasteiger partial charge in [-0.05, 0) is 79.2 Å². The average molecular weight is 640 g/mol. The van der Waals surface area contributed by atoms with E-state index >= 15 is 0 Å². The van der Waals surface area contributed by atoms with Crippen molar-refractivity contribution in [1.29, 1.82) is 0 Å². The molecule has 3 aromatic carbocycles. The molecule has 1 aromatic heterocycles. The van der Waals surface area contributed by atoms with Gasteiger partial charge in [-0.2, -0.15) is 5.10 Å². The number of carbonyl (C=O) groups excluding carboxylic acids is 1. The van der Waals surface area contributed by atoms with E-state index in [2.05, 4.69) is 31.0 Å². The van der Waals surface area contributed by atoms with Gasteiger partial charge in [-0.1, -0.05) is 29.8 Å². The molecular weight excluding hydrogens is 608 g/mol. The van der Waals surface area contributed by atoms with E-state index in [1.54, 1.807) is 30.5 Å². The van der Waals surface area contributed by atoms with Crippen molar-refractivity contribution < 1.29 is 22.7 Å². The predicted octanol–water partition coefficient (Wildman–Crippen LogP) is 5.53. The summed E-state index contributed by atoms with van der Waals surface area (Å²) in [6.45, 7) is 5.30. The smallest absolute Gasteiger partial charge is 0.264 e. The normalized spacial score (nSPS) is 11.5. The number of ether oxygens (including phenoxy) is 2. The highest BCUT2D eigenvalue weighted by Crippen LogP contribution is 2.34. The van der Waals surface area contributed by atoms with Crippen LogP contribution in [-0.2, 0) is 14.8 Å². The molecule has 9 nitrogen and oxygen atoms in total. The summed E-state index contributed by atoms with van der Waals surface area (Å²) in [5.41, 5.74) is 7.33. The molecule has 0 aliphatic heterocycles. The molecule has 0 fully saturated rings. The fraction of sp³-hybridized carbons (Fsp3) is 0.200. The molecular formula is C30H31BrN4O5S. The number of aryl methyl sites for hydroxylation is 2. The monoisotopic (exact) mass is 638 g/mol. The second-order valence-electron chi connectivity index (χ2n) is 9.27. The van der Waals surface area contributed by atoms with E-state index in [9.17, 15) is 13.2 Å². The summed E-state index contributed by atoms with van der Waals surface area (Å²) in [4.78, 5) is 13.1. The first-order valence-corrected chi connectivity index (χ1v) is 14.9. The average Bonchev–Trinajstić information content (AvgIpc) is 3.24. The predicted molar refractivity (Wildman–Crippen MR) is 164 cm³/mol. The Hall–Kier alpha value is -4.09. The number of hydrazone groups is 1. The van der Waals surface area contributed by atoms with Gasteiger partial charge < -0.3 is 14.0 Å². The molecule has 1 N–H and O–H groups in total. The third kappa shape index (κ3) is 6.47. The molecule has 0 aliphatic rings. The number of amides is 1. The zero-order valence-corrected chi connectivity index (χ0v) is 25.8. The summed E-state index contributed by atoms with van der Waals surface area (Å²) >= 11 is 3.60. The van der Waals surface area contributed by atoms with Crippen LogP contribution in [0.25, 0.3) is 5.69 Å². The minimum atomic E-state index is -4.11. The quantitative estimate of drug-likeness (QED) is 0.182. The summed E-state index contributed by atoms with van der Waals surface area (Å²) < 4.78 is 42.1. The Morgan fingerprint density at radius 1 is 0.976 bits per heavy atom. The van der Waals surface area contributed by atoms with Crippen molar-refractivity contribution in [2.45, 2.75) is 25.7 Å². The number of methoxy groups -OCH3 is 2. The molecule has 1 heterocycles. The summed E-state index contributed by atoms with van der Waals surface area (Å²) in [6, 6.07) is 20.9. The Kier molecular flexibility index (Phi) is 9.19. The highest BCUT2D eigenvalue weighted by atomic mass is 79.9. The van der Waals surface area contributed by atoms with Gasteiger partial charge in [-0.15, -0.1) is 0 Å². The largest absolute Gasteiger partial charge is 0.493 e. The summed E-state index contributed by atoms with van der Waals surface area (Å²) in [5, 5.41) is 4.13. The molecule has 1 amide bonds. The van der Waals surface area contributed by atoms with Gasteiger partial charge >= 0.3 is 0 Å². The molecule has 4 aromatic rings. The molecule has 0 bridgehead atoms. The standard InChI is InChI=1S/C30H31BrN4O5S/c1-20-10-13-25(14-11-20)41(37,38)34(24-12-15-28(39-4)29(17-24)40-5)19-30(36)33-32-18-23-16-21(2)35(22(23)3)27-9-7-6-8-26(27)31/h6-18H,19H2,1-5H3,(H,33,36)/b32-18-. The number of para-hydroxylation sites is 1. The van der Waals surface area contributed by atoms with Crippen LogP contribution in [-0.4, -0.2) is 45.9 Å². The molecule has 0 atom stereocenters. The van der Waals surface area contributed by atoms with Gasteiger partial charge in [0.1, 0.15) is 6.54 Å². The molecule has 0 saturated heterocycles. The molecule has 0 radical (unpaired) electrons. The van der Waals surface area contributed by atoms with E-state index in [1.807, 2.05) is 51.1 Å². The highest BCUT2D eigenvalue weighted by molar-refractivity contribution is 9.10. The summed E-state index contributed by atoms with van der Waals surface area (Å²) in [6.07, 6.45) is 1.54.